The zero-order valence-electron chi connectivity index (χ0n) is 9.20. The number of aromatic amines is 1. The highest BCUT2D eigenvalue weighted by Gasteiger charge is 2.07. The average molecular weight is 235 g/mol. The van der Waals surface area contributed by atoms with Crippen LogP contribution in [0.5, 0.6) is 0 Å². The van der Waals surface area contributed by atoms with Crippen molar-refractivity contribution in [1.82, 2.24) is 10.3 Å². The number of hydrogen-bond donors (Lipinski definition) is 2. The maximum atomic E-state index is 6.13. The predicted molar refractivity (Wildman–Crippen MR) is 67.5 cm³/mol. The monoisotopic (exact) mass is 234 g/mol. The maximum Gasteiger partial charge on any atom is 0.0453 e. The minimum absolute atomic E-state index is 0.253. The van der Waals surface area contributed by atoms with Crippen LogP contribution in [-0.2, 0) is 6.54 Å². The predicted octanol–water partition coefficient (Wildman–Crippen LogP) is 3.52. The Labute approximate surface area is 101 Å². The molecule has 0 saturated heterocycles. The number of aromatic nitrogens is 1. The first-order chi connectivity index (χ1) is 7.77. The van der Waals surface area contributed by atoms with Crippen molar-refractivity contribution in [3.05, 3.63) is 58.9 Å². The SMILES string of the molecule is C[C@@H](NCc1cc[nH]c1)c1ccccc1Cl. The van der Waals surface area contributed by atoms with Crippen LogP contribution in [0.15, 0.2) is 42.7 Å². The molecule has 0 unspecified atom stereocenters. The van der Waals surface area contributed by atoms with Crippen LogP contribution in [0.2, 0.25) is 5.02 Å². The Balaban J connectivity index is 1.98. The van der Waals surface area contributed by atoms with E-state index < -0.39 is 0 Å². The first kappa shape index (κ1) is 11.2. The van der Waals surface area contributed by atoms with Crippen LogP contribution in [0.3, 0.4) is 0 Å². The molecule has 1 atom stereocenters. The maximum absolute atomic E-state index is 6.13. The van der Waals surface area contributed by atoms with E-state index in [4.69, 9.17) is 11.6 Å². The summed E-state index contributed by atoms with van der Waals surface area (Å²) in [5.74, 6) is 0. The van der Waals surface area contributed by atoms with Gasteiger partial charge in [-0.25, -0.2) is 0 Å². The number of halogens is 1. The molecule has 0 aliphatic carbocycles. The minimum atomic E-state index is 0.253. The lowest BCUT2D eigenvalue weighted by molar-refractivity contribution is 0.575. The van der Waals surface area contributed by atoms with Crippen molar-refractivity contribution < 1.29 is 0 Å². The first-order valence-corrected chi connectivity index (χ1v) is 5.74. The smallest absolute Gasteiger partial charge is 0.0453 e. The minimum Gasteiger partial charge on any atom is -0.367 e. The molecule has 0 aliphatic heterocycles. The molecule has 0 fully saturated rings. The van der Waals surface area contributed by atoms with Crippen LogP contribution < -0.4 is 5.32 Å². The fourth-order valence-corrected chi connectivity index (χ4v) is 1.97. The van der Waals surface area contributed by atoms with E-state index in [1.165, 1.54) is 5.56 Å². The second kappa shape index (κ2) is 5.19. The lowest BCUT2D eigenvalue weighted by Gasteiger charge is -2.15. The highest BCUT2D eigenvalue weighted by Crippen LogP contribution is 2.22. The molecule has 0 amide bonds. The second-order valence-electron chi connectivity index (χ2n) is 3.84. The molecule has 2 N–H and O–H groups in total. The molecule has 2 aromatic rings. The number of benzene rings is 1. The van der Waals surface area contributed by atoms with E-state index in [-0.39, 0.29) is 6.04 Å². The van der Waals surface area contributed by atoms with Crippen molar-refractivity contribution in [1.29, 1.82) is 0 Å². The van der Waals surface area contributed by atoms with Crippen LogP contribution in [0.1, 0.15) is 24.1 Å². The van der Waals surface area contributed by atoms with Crippen LogP contribution in [0, 0.1) is 0 Å². The molecule has 16 heavy (non-hydrogen) atoms. The zero-order valence-corrected chi connectivity index (χ0v) is 9.96. The van der Waals surface area contributed by atoms with Gasteiger partial charge in [0, 0.05) is 30.0 Å². The Kier molecular flexibility index (Phi) is 3.65. The van der Waals surface area contributed by atoms with E-state index in [1.807, 2.05) is 30.6 Å². The third-order valence-electron chi connectivity index (χ3n) is 2.65. The van der Waals surface area contributed by atoms with Crippen molar-refractivity contribution in [2.45, 2.75) is 19.5 Å². The topological polar surface area (TPSA) is 27.8 Å². The first-order valence-electron chi connectivity index (χ1n) is 5.37. The molecule has 3 heteroatoms. The number of hydrogen-bond acceptors (Lipinski definition) is 1. The summed E-state index contributed by atoms with van der Waals surface area (Å²) in [6.07, 6.45) is 3.92. The quantitative estimate of drug-likeness (QED) is 0.833. The van der Waals surface area contributed by atoms with Gasteiger partial charge in [0.1, 0.15) is 0 Å². The Morgan fingerprint density at radius 2 is 2.12 bits per heavy atom. The van der Waals surface area contributed by atoms with E-state index in [2.05, 4.69) is 29.4 Å². The van der Waals surface area contributed by atoms with Crippen molar-refractivity contribution >= 4 is 11.6 Å². The summed E-state index contributed by atoms with van der Waals surface area (Å²) in [6.45, 7) is 2.96. The van der Waals surface area contributed by atoms with Crippen LogP contribution >= 0.6 is 11.6 Å². The van der Waals surface area contributed by atoms with Gasteiger partial charge in [0.05, 0.1) is 0 Å². The molecule has 0 radical (unpaired) electrons. The van der Waals surface area contributed by atoms with Crippen LogP contribution in [-0.4, -0.2) is 4.98 Å². The van der Waals surface area contributed by atoms with Crippen molar-refractivity contribution in [3.8, 4) is 0 Å². The number of rotatable bonds is 4. The fraction of sp³-hybridized carbons (Fsp3) is 0.231. The summed E-state index contributed by atoms with van der Waals surface area (Å²) in [5.41, 5.74) is 2.39. The molecule has 1 aromatic heterocycles. The van der Waals surface area contributed by atoms with Crippen molar-refractivity contribution in [3.63, 3.8) is 0 Å². The average Bonchev–Trinajstić information content (AvgIpc) is 2.79. The lowest BCUT2D eigenvalue weighted by atomic mass is 10.1. The van der Waals surface area contributed by atoms with Gasteiger partial charge in [-0.05, 0) is 30.2 Å². The van der Waals surface area contributed by atoms with E-state index >= 15 is 0 Å². The Morgan fingerprint density at radius 1 is 1.31 bits per heavy atom. The fourth-order valence-electron chi connectivity index (χ4n) is 1.68. The molecule has 84 valence electrons. The van der Waals surface area contributed by atoms with Gasteiger partial charge in [0.25, 0.3) is 0 Å². The van der Waals surface area contributed by atoms with Gasteiger partial charge in [0.15, 0.2) is 0 Å². The van der Waals surface area contributed by atoms with Crippen LogP contribution in [0.4, 0.5) is 0 Å². The molecule has 2 rings (SSSR count). The third-order valence-corrected chi connectivity index (χ3v) is 2.99. The molecule has 0 saturated carbocycles. The number of H-pyrrole nitrogens is 1. The molecule has 0 aliphatic rings. The van der Waals surface area contributed by atoms with Gasteiger partial charge in [-0.1, -0.05) is 29.8 Å². The van der Waals surface area contributed by atoms with Gasteiger partial charge in [-0.2, -0.15) is 0 Å². The van der Waals surface area contributed by atoms with E-state index in [9.17, 15) is 0 Å². The summed E-state index contributed by atoms with van der Waals surface area (Å²) in [6, 6.07) is 10.2. The molecule has 2 nitrogen and oxygen atoms in total. The highest BCUT2D eigenvalue weighted by molar-refractivity contribution is 6.31. The standard InChI is InChI=1S/C13H15ClN2/c1-10(12-4-2-3-5-13(12)14)16-9-11-6-7-15-8-11/h2-8,10,15-16H,9H2,1H3/t10-/m1/s1. The normalized spacial score (nSPS) is 12.6. The molecule has 1 heterocycles. The third kappa shape index (κ3) is 2.65. The van der Waals surface area contributed by atoms with E-state index in [0.717, 1.165) is 17.1 Å². The van der Waals surface area contributed by atoms with Crippen LogP contribution in [0.25, 0.3) is 0 Å². The molecular formula is C13H15ClN2. The summed E-state index contributed by atoms with van der Waals surface area (Å²) in [4.78, 5) is 3.04. The molecule has 0 bridgehead atoms. The molecule has 0 spiro atoms. The van der Waals surface area contributed by atoms with Gasteiger partial charge >= 0.3 is 0 Å². The van der Waals surface area contributed by atoms with Gasteiger partial charge < -0.3 is 10.3 Å². The largest absolute Gasteiger partial charge is 0.367 e. The highest BCUT2D eigenvalue weighted by atomic mass is 35.5. The molecular weight excluding hydrogens is 220 g/mol. The van der Waals surface area contributed by atoms with Crippen molar-refractivity contribution in [2.75, 3.05) is 0 Å². The number of nitrogens with one attached hydrogen (secondary N) is 2. The van der Waals surface area contributed by atoms with Gasteiger partial charge in [-0.3, -0.25) is 0 Å². The summed E-state index contributed by atoms with van der Waals surface area (Å²) in [7, 11) is 0. The summed E-state index contributed by atoms with van der Waals surface area (Å²) < 4.78 is 0. The lowest BCUT2D eigenvalue weighted by Crippen LogP contribution is -2.18. The van der Waals surface area contributed by atoms with E-state index in [1.54, 1.807) is 0 Å². The Bertz CT molecular complexity index is 437. The van der Waals surface area contributed by atoms with Gasteiger partial charge in [0.2, 0.25) is 0 Å². The zero-order chi connectivity index (χ0) is 11.4. The van der Waals surface area contributed by atoms with Gasteiger partial charge in [-0.15, -0.1) is 0 Å². The summed E-state index contributed by atoms with van der Waals surface area (Å²) in [5, 5.41) is 4.25. The van der Waals surface area contributed by atoms with Crippen molar-refractivity contribution in [2.24, 2.45) is 0 Å². The van der Waals surface area contributed by atoms with E-state index in [0.29, 0.717) is 0 Å². The Hall–Kier alpha value is -1.25. The summed E-state index contributed by atoms with van der Waals surface area (Å²) >= 11 is 6.13. The second-order valence-corrected chi connectivity index (χ2v) is 4.25. The Morgan fingerprint density at radius 3 is 2.81 bits per heavy atom. The molecule has 1 aromatic carbocycles.